The average Bonchev–Trinajstić information content (AvgIpc) is 2.64. The summed E-state index contributed by atoms with van der Waals surface area (Å²) in [6, 6.07) is 9.55. The summed E-state index contributed by atoms with van der Waals surface area (Å²) in [5.41, 5.74) is 0.461. The molecule has 0 aromatic heterocycles. The van der Waals surface area contributed by atoms with Crippen LogP contribution in [-0.4, -0.2) is 32.4 Å². The molecule has 0 aliphatic rings. The van der Waals surface area contributed by atoms with E-state index in [1.165, 1.54) is 36.0 Å². The molecule has 0 spiro atoms. The lowest BCUT2D eigenvalue weighted by molar-refractivity contribution is -0.147. The van der Waals surface area contributed by atoms with Crippen molar-refractivity contribution in [3.8, 4) is 0 Å². The van der Waals surface area contributed by atoms with E-state index in [4.69, 9.17) is 39.5 Å². The van der Waals surface area contributed by atoms with Crippen LogP contribution in [0, 0.1) is 0 Å². The van der Waals surface area contributed by atoms with Gasteiger partial charge in [0.15, 0.2) is 0 Å². The molecule has 2 aromatic rings. The van der Waals surface area contributed by atoms with Gasteiger partial charge < -0.3 is 4.74 Å². The van der Waals surface area contributed by atoms with Crippen molar-refractivity contribution in [2.75, 3.05) is 12.0 Å². The summed E-state index contributed by atoms with van der Waals surface area (Å²) >= 11 is 19.4. The second-order valence-electron chi connectivity index (χ2n) is 5.72. The van der Waals surface area contributed by atoms with Crippen molar-refractivity contribution in [1.29, 1.82) is 0 Å². The van der Waals surface area contributed by atoms with Crippen LogP contribution in [0.4, 0.5) is 0 Å². The van der Waals surface area contributed by atoms with Crippen LogP contribution in [0.15, 0.2) is 47.4 Å². The molecule has 2 rings (SSSR count). The average molecular weight is 483 g/mol. The van der Waals surface area contributed by atoms with Gasteiger partial charge in [0.2, 0.25) is 10.0 Å². The Balaban J connectivity index is 2.13. The van der Waals surface area contributed by atoms with Crippen molar-refractivity contribution in [3.05, 3.63) is 63.1 Å². The van der Waals surface area contributed by atoms with Gasteiger partial charge in [0.25, 0.3) is 0 Å². The maximum absolute atomic E-state index is 12.6. The Labute approximate surface area is 183 Å². The lowest BCUT2D eigenvalue weighted by Gasteiger charge is -2.18. The molecule has 0 amide bonds. The summed E-state index contributed by atoms with van der Waals surface area (Å²) in [5.74, 6) is -0.141. The number of sulfonamides is 1. The lowest BCUT2D eigenvalue weighted by atomic mass is 10.2. The zero-order chi connectivity index (χ0) is 20.7. The number of benzene rings is 2. The van der Waals surface area contributed by atoms with Crippen LogP contribution in [0.5, 0.6) is 0 Å². The smallest absolute Gasteiger partial charge is 0.324 e. The van der Waals surface area contributed by atoms with Crippen LogP contribution in [0.25, 0.3) is 0 Å². The Morgan fingerprint density at radius 1 is 1.11 bits per heavy atom. The third kappa shape index (κ3) is 6.54. The van der Waals surface area contributed by atoms with E-state index in [0.29, 0.717) is 26.4 Å². The molecule has 0 saturated heterocycles. The Hall–Kier alpha value is -0.960. The number of carbonyl (C=O) groups excluding carboxylic acids is 1. The number of ether oxygens (including phenoxy) is 1. The number of nitrogens with one attached hydrogen (secondary N) is 1. The van der Waals surface area contributed by atoms with Gasteiger partial charge in [-0.05, 0) is 54.8 Å². The van der Waals surface area contributed by atoms with Crippen molar-refractivity contribution in [1.82, 2.24) is 4.72 Å². The highest BCUT2D eigenvalue weighted by molar-refractivity contribution is 7.98. The third-order valence-electron chi connectivity index (χ3n) is 3.74. The molecular formula is C18H18Cl3NO4S2. The van der Waals surface area contributed by atoms with Crippen LogP contribution in [0.3, 0.4) is 0 Å². The van der Waals surface area contributed by atoms with Crippen LogP contribution in [0.1, 0.15) is 12.0 Å². The summed E-state index contributed by atoms with van der Waals surface area (Å²) in [5, 5.41) is 1.14. The second-order valence-corrected chi connectivity index (χ2v) is 9.67. The monoisotopic (exact) mass is 481 g/mol. The summed E-state index contributed by atoms with van der Waals surface area (Å²) in [7, 11) is -3.92. The molecule has 0 radical (unpaired) electrons. The highest BCUT2D eigenvalue weighted by Gasteiger charge is 2.27. The van der Waals surface area contributed by atoms with Gasteiger partial charge >= 0.3 is 5.97 Å². The van der Waals surface area contributed by atoms with Gasteiger partial charge in [0.05, 0.1) is 4.90 Å². The first-order valence-corrected chi connectivity index (χ1v) is 12.1. The van der Waals surface area contributed by atoms with E-state index in [9.17, 15) is 13.2 Å². The highest BCUT2D eigenvalue weighted by Crippen LogP contribution is 2.25. The number of esters is 1. The van der Waals surface area contributed by atoms with Gasteiger partial charge in [-0.3, -0.25) is 4.79 Å². The molecule has 5 nitrogen and oxygen atoms in total. The van der Waals surface area contributed by atoms with E-state index in [0.717, 1.165) is 0 Å². The highest BCUT2D eigenvalue weighted by atomic mass is 35.5. The van der Waals surface area contributed by atoms with E-state index in [1.807, 2.05) is 6.26 Å². The van der Waals surface area contributed by atoms with Crippen LogP contribution in [0.2, 0.25) is 15.1 Å². The molecule has 1 atom stereocenters. The minimum Gasteiger partial charge on any atom is -0.460 e. The van der Waals surface area contributed by atoms with Crippen LogP contribution < -0.4 is 4.72 Å². The molecule has 0 aliphatic heterocycles. The first-order chi connectivity index (χ1) is 13.2. The molecule has 2 aromatic carbocycles. The maximum Gasteiger partial charge on any atom is 0.324 e. The molecule has 1 N–H and O–H groups in total. The van der Waals surface area contributed by atoms with E-state index in [2.05, 4.69) is 4.72 Å². The second kappa shape index (κ2) is 10.7. The number of carbonyl (C=O) groups is 1. The number of halogens is 3. The van der Waals surface area contributed by atoms with Crippen molar-refractivity contribution in [2.24, 2.45) is 0 Å². The molecule has 0 fully saturated rings. The fourth-order valence-corrected chi connectivity index (χ4v) is 4.57. The largest absolute Gasteiger partial charge is 0.460 e. The van der Waals surface area contributed by atoms with Gasteiger partial charge in [-0.1, -0.05) is 40.9 Å². The number of hydrogen-bond acceptors (Lipinski definition) is 5. The predicted molar refractivity (Wildman–Crippen MR) is 115 cm³/mol. The number of thioether (sulfide) groups is 1. The molecule has 0 aliphatic carbocycles. The molecular weight excluding hydrogens is 465 g/mol. The summed E-state index contributed by atoms with van der Waals surface area (Å²) < 4.78 is 32.9. The quantitative estimate of drug-likeness (QED) is 0.520. The number of rotatable bonds is 9. The Kier molecular flexibility index (Phi) is 8.92. The SMILES string of the molecule is CSCC[C@H](NS(=O)(=O)c1ccc(Cl)cc1)C(=O)OCc1c(Cl)cccc1Cl. The van der Waals surface area contributed by atoms with Crippen molar-refractivity contribution < 1.29 is 17.9 Å². The van der Waals surface area contributed by atoms with Crippen LogP contribution >= 0.6 is 46.6 Å². The zero-order valence-electron chi connectivity index (χ0n) is 14.8. The molecule has 152 valence electrons. The minimum atomic E-state index is -3.92. The molecule has 28 heavy (non-hydrogen) atoms. The molecule has 0 saturated carbocycles. The Bertz CT molecular complexity index is 901. The summed E-state index contributed by atoms with van der Waals surface area (Å²) in [4.78, 5) is 12.5. The third-order valence-corrected chi connectivity index (χ3v) is 6.83. The fraction of sp³-hybridized carbons (Fsp3) is 0.278. The maximum atomic E-state index is 12.6. The molecule has 0 heterocycles. The molecule has 0 unspecified atom stereocenters. The van der Waals surface area contributed by atoms with Crippen LogP contribution in [-0.2, 0) is 26.2 Å². The normalized spacial score (nSPS) is 12.6. The number of hydrogen-bond donors (Lipinski definition) is 1. The topological polar surface area (TPSA) is 72.5 Å². The standard InChI is InChI=1S/C18H18Cl3NO4S2/c1-27-10-9-17(22-28(24,25)13-7-5-12(19)6-8-13)18(23)26-11-14-15(20)3-2-4-16(14)21/h2-8,17,22H,9-11H2,1H3/t17-/m0/s1. The van der Waals surface area contributed by atoms with E-state index < -0.39 is 22.0 Å². The zero-order valence-corrected chi connectivity index (χ0v) is 18.7. The van der Waals surface area contributed by atoms with Gasteiger partial charge in [0.1, 0.15) is 12.6 Å². The van der Waals surface area contributed by atoms with Crippen molar-refractivity contribution in [2.45, 2.75) is 24.0 Å². The van der Waals surface area contributed by atoms with Gasteiger partial charge in [-0.15, -0.1) is 0 Å². The molecule has 0 bridgehead atoms. The Morgan fingerprint density at radius 3 is 2.29 bits per heavy atom. The van der Waals surface area contributed by atoms with E-state index >= 15 is 0 Å². The minimum absolute atomic E-state index is 0.00741. The fourth-order valence-electron chi connectivity index (χ4n) is 2.24. The summed E-state index contributed by atoms with van der Waals surface area (Å²) in [6.45, 7) is -0.157. The predicted octanol–water partition coefficient (Wildman–Crippen LogP) is 4.79. The molecule has 10 heteroatoms. The van der Waals surface area contributed by atoms with E-state index in [-0.39, 0.29) is 17.9 Å². The lowest BCUT2D eigenvalue weighted by Crippen LogP contribution is -2.42. The first-order valence-electron chi connectivity index (χ1n) is 8.11. The van der Waals surface area contributed by atoms with Crippen molar-refractivity contribution >= 4 is 62.6 Å². The Morgan fingerprint density at radius 2 is 1.71 bits per heavy atom. The summed E-state index contributed by atoms with van der Waals surface area (Å²) in [6.07, 6.45) is 2.13. The van der Waals surface area contributed by atoms with Gasteiger partial charge in [-0.25, -0.2) is 8.42 Å². The first kappa shape index (κ1) is 23.3. The van der Waals surface area contributed by atoms with Gasteiger partial charge in [0, 0.05) is 20.6 Å². The van der Waals surface area contributed by atoms with Crippen molar-refractivity contribution in [3.63, 3.8) is 0 Å². The van der Waals surface area contributed by atoms with Gasteiger partial charge in [-0.2, -0.15) is 16.5 Å². The van der Waals surface area contributed by atoms with E-state index in [1.54, 1.807) is 18.2 Å².